The summed E-state index contributed by atoms with van der Waals surface area (Å²) < 4.78 is 0.534. The molecule has 3 heteroatoms. The quantitative estimate of drug-likeness (QED) is 0.825. The van der Waals surface area contributed by atoms with Gasteiger partial charge in [0, 0.05) is 6.20 Å². The van der Waals surface area contributed by atoms with Gasteiger partial charge in [0.05, 0.1) is 5.69 Å². The molecule has 0 saturated carbocycles. The molecular formula is C14H16N2S. The second-order valence-electron chi connectivity index (χ2n) is 4.20. The molecule has 88 valence electrons. The molecule has 0 spiro atoms. The van der Waals surface area contributed by atoms with Crippen LogP contribution < -0.4 is 0 Å². The van der Waals surface area contributed by atoms with Gasteiger partial charge in [-0.05, 0) is 48.3 Å². The summed E-state index contributed by atoms with van der Waals surface area (Å²) in [4.78, 5) is 7.25. The number of nitrogens with one attached hydrogen (secondary N) is 1. The molecule has 0 radical (unpaired) electrons. The SMILES string of the molecule is CCCc1cccc(-c2[nH]c(=S)ncc2C)c1. The Hall–Kier alpha value is -1.48. The fraction of sp³-hybridized carbons (Fsp3) is 0.286. The topological polar surface area (TPSA) is 28.7 Å². The lowest BCUT2D eigenvalue weighted by molar-refractivity contribution is 0.922. The summed E-state index contributed by atoms with van der Waals surface area (Å²) in [5.74, 6) is 0. The zero-order valence-electron chi connectivity index (χ0n) is 10.2. The predicted octanol–water partition coefficient (Wildman–Crippen LogP) is 4.07. The number of hydrogen-bond acceptors (Lipinski definition) is 2. The molecule has 0 aliphatic heterocycles. The Labute approximate surface area is 107 Å². The van der Waals surface area contributed by atoms with Gasteiger partial charge in [0.2, 0.25) is 0 Å². The first-order chi connectivity index (χ1) is 8.20. The highest BCUT2D eigenvalue weighted by atomic mass is 32.1. The van der Waals surface area contributed by atoms with Crippen LogP contribution in [0.5, 0.6) is 0 Å². The maximum atomic E-state index is 5.08. The molecule has 0 fully saturated rings. The molecule has 0 aliphatic carbocycles. The van der Waals surface area contributed by atoms with Crippen LogP contribution in [0.3, 0.4) is 0 Å². The Bertz CT molecular complexity index is 572. The minimum Gasteiger partial charge on any atom is -0.330 e. The highest BCUT2D eigenvalue weighted by Crippen LogP contribution is 2.21. The normalized spacial score (nSPS) is 10.5. The van der Waals surface area contributed by atoms with Gasteiger partial charge in [-0.1, -0.05) is 31.5 Å². The molecule has 2 nitrogen and oxygen atoms in total. The smallest absolute Gasteiger partial charge is 0.197 e. The van der Waals surface area contributed by atoms with Crippen molar-refractivity contribution in [1.82, 2.24) is 9.97 Å². The fourth-order valence-corrected chi connectivity index (χ4v) is 2.08. The number of H-pyrrole nitrogens is 1. The number of aryl methyl sites for hydroxylation is 2. The predicted molar refractivity (Wildman–Crippen MR) is 73.6 cm³/mol. The van der Waals surface area contributed by atoms with E-state index in [0.29, 0.717) is 4.77 Å². The van der Waals surface area contributed by atoms with Crippen molar-refractivity contribution < 1.29 is 0 Å². The van der Waals surface area contributed by atoms with E-state index in [2.05, 4.69) is 41.2 Å². The summed E-state index contributed by atoms with van der Waals surface area (Å²) in [6, 6.07) is 8.58. The monoisotopic (exact) mass is 244 g/mol. The molecule has 17 heavy (non-hydrogen) atoms. The molecule has 2 rings (SSSR count). The summed E-state index contributed by atoms with van der Waals surface area (Å²) in [7, 11) is 0. The summed E-state index contributed by atoms with van der Waals surface area (Å²) in [6.45, 7) is 4.23. The Kier molecular flexibility index (Phi) is 3.69. The van der Waals surface area contributed by atoms with Crippen molar-refractivity contribution in [3.05, 3.63) is 46.4 Å². The standard InChI is InChI=1S/C14H16N2S/c1-3-5-11-6-4-7-12(8-11)13-10(2)9-15-14(17)16-13/h4,6-9H,3,5H2,1-2H3,(H,15,16,17). The van der Waals surface area contributed by atoms with Gasteiger partial charge in [-0.3, -0.25) is 0 Å². The molecule has 0 bridgehead atoms. The van der Waals surface area contributed by atoms with Crippen molar-refractivity contribution in [2.75, 3.05) is 0 Å². The molecule has 0 amide bonds. The second-order valence-corrected chi connectivity index (χ2v) is 4.58. The molecule has 1 aromatic carbocycles. The van der Waals surface area contributed by atoms with Crippen molar-refractivity contribution in [3.8, 4) is 11.3 Å². The molecule has 0 aliphatic rings. The van der Waals surface area contributed by atoms with Gasteiger partial charge in [0.1, 0.15) is 0 Å². The lowest BCUT2D eigenvalue weighted by Gasteiger charge is -2.07. The Morgan fingerprint density at radius 2 is 2.18 bits per heavy atom. The van der Waals surface area contributed by atoms with Gasteiger partial charge in [-0.2, -0.15) is 0 Å². The van der Waals surface area contributed by atoms with Gasteiger partial charge in [0.25, 0.3) is 0 Å². The summed E-state index contributed by atoms with van der Waals surface area (Å²) >= 11 is 5.08. The molecule has 0 atom stereocenters. The van der Waals surface area contributed by atoms with Crippen molar-refractivity contribution in [3.63, 3.8) is 0 Å². The maximum absolute atomic E-state index is 5.08. The first kappa shape index (κ1) is 12.0. The first-order valence-corrected chi connectivity index (χ1v) is 6.26. The summed E-state index contributed by atoms with van der Waals surface area (Å²) in [6.07, 6.45) is 4.09. The molecular weight excluding hydrogens is 228 g/mol. The van der Waals surface area contributed by atoms with Crippen LogP contribution in [-0.2, 0) is 6.42 Å². The van der Waals surface area contributed by atoms with E-state index in [1.807, 2.05) is 13.1 Å². The number of rotatable bonds is 3. The average molecular weight is 244 g/mol. The van der Waals surface area contributed by atoms with Crippen LogP contribution in [0.2, 0.25) is 0 Å². The first-order valence-electron chi connectivity index (χ1n) is 5.86. The largest absolute Gasteiger partial charge is 0.330 e. The third-order valence-corrected chi connectivity index (χ3v) is 2.96. The summed E-state index contributed by atoms with van der Waals surface area (Å²) in [5.41, 5.74) is 4.73. The Morgan fingerprint density at radius 1 is 1.35 bits per heavy atom. The van der Waals surface area contributed by atoms with E-state index >= 15 is 0 Å². The average Bonchev–Trinajstić information content (AvgIpc) is 2.33. The van der Waals surface area contributed by atoms with Crippen molar-refractivity contribution in [2.24, 2.45) is 0 Å². The van der Waals surface area contributed by atoms with E-state index in [1.54, 1.807) is 0 Å². The second kappa shape index (κ2) is 5.23. The lowest BCUT2D eigenvalue weighted by atomic mass is 10.0. The molecule has 0 unspecified atom stereocenters. The summed E-state index contributed by atoms with van der Waals surface area (Å²) in [5, 5.41) is 0. The number of hydrogen-bond donors (Lipinski definition) is 1. The molecule has 1 aromatic heterocycles. The van der Waals surface area contributed by atoms with Gasteiger partial charge in [-0.15, -0.1) is 0 Å². The van der Waals surface area contributed by atoms with E-state index in [-0.39, 0.29) is 0 Å². The van der Waals surface area contributed by atoms with Crippen LogP contribution >= 0.6 is 12.2 Å². The highest BCUT2D eigenvalue weighted by Gasteiger charge is 2.03. The highest BCUT2D eigenvalue weighted by molar-refractivity contribution is 7.71. The van der Waals surface area contributed by atoms with E-state index in [1.165, 1.54) is 11.1 Å². The molecule has 2 aromatic rings. The number of benzene rings is 1. The lowest BCUT2D eigenvalue weighted by Crippen LogP contribution is -1.92. The molecule has 1 N–H and O–H groups in total. The zero-order valence-corrected chi connectivity index (χ0v) is 11.0. The van der Waals surface area contributed by atoms with Crippen LogP contribution in [0.15, 0.2) is 30.5 Å². The minimum absolute atomic E-state index is 0.534. The zero-order chi connectivity index (χ0) is 12.3. The van der Waals surface area contributed by atoms with E-state index < -0.39 is 0 Å². The van der Waals surface area contributed by atoms with Gasteiger partial charge < -0.3 is 4.98 Å². The molecule has 1 heterocycles. The van der Waals surface area contributed by atoms with Gasteiger partial charge in [-0.25, -0.2) is 4.98 Å². The van der Waals surface area contributed by atoms with E-state index in [9.17, 15) is 0 Å². The fourth-order valence-electron chi connectivity index (χ4n) is 1.93. The molecule has 0 saturated heterocycles. The number of nitrogens with zero attached hydrogens (tertiary/aromatic N) is 1. The van der Waals surface area contributed by atoms with Gasteiger partial charge in [0.15, 0.2) is 4.77 Å². The third kappa shape index (κ3) is 2.80. The number of aromatic nitrogens is 2. The van der Waals surface area contributed by atoms with Crippen LogP contribution in [0.4, 0.5) is 0 Å². The Morgan fingerprint density at radius 3 is 2.94 bits per heavy atom. The van der Waals surface area contributed by atoms with Crippen LogP contribution in [0.25, 0.3) is 11.3 Å². The minimum atomic E-state index is 0.534. The number of aromatic amines is 1. The third-order valence-electron chi connectivity index (χ3n) is 2.76. The van der Waals surface area contributed by atoms with Crippen molar-refractivity contribution in [1.29, 1.82) is 0 Å². The van der Waals surface area contributed by atoms with E-state index in [4.69, 9.17) is 12.2 Å². The van der Waals surface area contributed by atoms with Crippen molar-refractivity contribution >= 4 is 12.2 Å². The van der Waals surface area contributed by atoms with Crippen LogP contribution in [-0.4, -0.2) is 9.97 Å². The Balaban J connectivity index is 2.48. The van der Waals surface area contributed by atoms with E-state index in [0.717, 1.165) is 24.1 Å². The van der Waals surface area contributed by atoms with Crippen LogP contribution in [0, 0.1) is 11.7 Å². The van der Waals surface area contributed by atoms with Crippen molar-refractivity contribution in [2.45, 2.75) is 26.7 Å². The van der Waals surface area contributed by atoms with Gasteiger partial charge >= 0.3 is 0 Å². The maximum Gasteiger partial charge on any atom is 0.197 e. The van der Waals surface area contributed by atoms with Crippen LogP contribution in [0.1, 0.15) is 24.5 Å².